The molecule has 23 heavy (non-hydrogen) atoms. The Bertz CT molecular complexity index is 676. The molecule has 7 heteroatoms. The predicted molar refractivity (Wildman–Crippen MR) is 85.9 cm³/mol. The van der Waals surface area contributed by atoms with Gasteiger partial charge in [0.05, 0.1) is 12.3 Å². The molecule has 1 fully saturated rings. The summed E-state index contributed by atoms with van der Waals surface area (Å²) in [5.41, 5.74) is -0.103. The van der Waals surface area contributed by atoms with Crippen LogP contribution >= 0.6 is 11.8 Å². The van der Waals surface area contributed by atoms with E-state index in [1.54, 1.807) is 4.90 Å². The van der Waals surface area contributed by atoms with E-state index in [9.17, 15) is 9.90 Å². The Morgan fingerprint density at radius 2 is 2.17 bits per heavy atom. The molecule has 1 aromatic heterocycles. The highest BCUT2D eigenvalue weighted by atomic mass is 32.2. The van der Waals surface area contributed by atoms with Crippen LogP contribution in [-0.4, -0.2) is 45.0 Å². The number of rotatable bonds is 5. The van der Waals surface area contributed by atoms with Gasteiger partial charge < -0.3 is 14.4 Å². The monoisotopic (exact) mass is 333 g/mol. The summed E-state index contributed by atoms with van der Waals surface area (Å²) in [6.07, 6.45) is 1.23. The minimum Gasteiger partial charge on any atom is -0.416 e. The van der Waals surface area contributed by atoms with Crippen molar-refractivity contribution in [2.24, 2.45) is 0 Å². The van der Waals surface area contributed by atoms with Gasteiger partial charge in [0.25, 0.3) is 5.22 Å². The molecule has 122 valence electrons. The van der Waals surface area contributed by atoms with Gasteiger partial charge in [-0.2, -0.15) is 0 Å². The molecule has 1 aromatic carbocycles. The van der Waals surface area contributed by atoms with Gasteiger partial charge in [-0.25, -0.2) is 0 Å². The van der Waals surface area contributed by atoms with Gasteiger partial charge in [0, 0.05) is 13.0 Å². The number of aliphatic hydroxyl groups is 1. The van der Waals surface area contributed by atoms with Crippen molar-refractivity contribution in [3.05, 3.63) is 41.8 Å². The number of thioether (sulfide) groups is 1. The molecule has 0 aliphatic carbocycles. The van der Waals surface area contributed by atoms with E-state index in [0.717, 1.165) is 5.56 Å². The van der Waals surface area contributed by atoms with Crippen LogP contribution in [0.2, 0.25) is 0 Å². The second kappa shape index (κ2) is 6.72. The van der Waals surface area contributed by atoms with E-state index in [1.807, 2.05) is 37.3 Å². The summed E-state index contributed by atoms with van der Waals surface area (Å²) in [7, 11) is 0. The maximum absolute atomic E-state index is 12.3. The smallest absolute Gasteiger partial charge is 0.277 e. The van der Waals surface area contributed by atoms with Crippen molar-refractivity contribution < 1.29 is 14.3 Å². The molecule has 1 saturated heterocycles. The number of β-amino-alcohol motifs (C(OH)–C–C–N with tert-alkyl or cyclic N) is 1. The van der Waals surface area contributed by atoms with Crippen LogP contribution in [0, 0.1) is 0 Å². The molecule has 0 bridgehead atoms. The molecule has 1 N–H and O–H groups in total. The third-order valence-electron chi connectivity index (χ3n) is 3.98. The number of benzene rings is 1. The van der Waals surface area contributed by atoms with Crippen LogP contribution in [0.3, 0.4) is 0 Å². The predicted octanol–water partition coefficient (Wildman–Crippen LogP) is 1.84. The van der Waals surface area contributed by atoms with Gasteiger partial charge in [0.1, 0.15) is 5.60 Å². The van der Waals surface area contributed by atoms with Crippen LogP contribution in [0.4, 0.5) is 0 Å². The van der Waals surface area contributed by atoms with Crippen LogP contribution in [0.1, 0.15) is 24.8 Å². The summed E-state index contributed by atoms with van der Waals surface area (Å²) >= 11 is 1.23. The van der Waals surface area contributed by atoms with Crippen molar-refractivity contribution in [2.45, 2.75) is 30.6 Å². The van der Waals surface area contributed by atoms with Gasteiger partial charge in [-0.05, 0) is 12.0 Å². The summed E-state index contributed by atoms with van der Waals surface area (Å²) in [4.78, 5) is 14.0. The summed E-state index contributed by atoms with van der Waals surface area (Å²) in [6.45, 7) is 2.80. The molecule has 0 spiro atoms. The molecule has 1 amide bonds. The average molecular weight is 333 g/mol. The molecule has 1 aliphatic heterocycles. The first-order valence-corrected chi connectivity index (χ1v) is 8.60. The van der Waals surface area contributed by atoms with Crippen LogP contribution in [-0.2, 0) is 16.8 Å². The fourth-order valence-electron chi connectivity index (χ4n) is 2.64. The Labute approximate surface area is 138 Å². The molecule has 1 unspecified atom stereocenters. The average Bonchev–Trinajstić information content (AvgIpc) is 3.21. The van der Waals surface area contributed by atoms with E-state index in [-0.39, 0.29) is 11.7 Å². The van der Waals surface area contributed by atoms with Crippen LogP contribution in [0.5, 0.6) is 0 Å². The lowest BCUT2D eigenvalue weighted by Gasteiger charge is -2.23. The topological polar surface area (TPSA) is 79.5 Å². The summed E-state index contributed by atoms with van der Waals surface area (Å²) in [5.74, 6) is 0.772. The van der Waals surface area contributed by atoms with E-state index in [4.69, 9.17) is 4.42 Å². The normalized spacial score (nSPS) is 20.9. The van der Waals surface area contributed by atoms with Crippen molar-refractivity contribution in [3.8, 4) is 0 Å². The number of amides is 1. The molecule has 2 heterocycles. The quantitative estimate of drug-likeness (QED) is 0.841. The molecule has 2 aromatic rings. The maximum Gasteiger partial charge on any atom is 0.277 e. The molecule has 3 rings (SSSR count). The van der Waals surface area contributed by atoms with Gasteiger partial charge >= 0.3 is 0 Å². The van der Waals surface area contributed by atoms with Crippen molar-refractivity contribution in [1.29, 1.82) is 0 Å². The fraction of sp³-hybridized carbons (Fsp3) is 0.438. The summed E-state index contributed by atoms with van der Waals surface area (Å²) in [5, 5.41) is 18.9. The molecular weight excluding hydrogens is 314 g/mol. The van der Waals surface area contributed by atoms with E-state index >= 15 is 0 Å². The number of likely N-dealkylation sites (tertiary alicyclic amines) is 1. The van der Waals surface area contributed by atoms with Crippen molar-refractivity contribution in [1.82, 2.24) is 15.1 Å². The second-order valence-electron chi connectivity index (χ2n) is 5.57. The number of carbonyl (C=O) groups is 1. The van der Waals surface area contributed by atoms with Gasteiger partial charge in [-0.1, -0.05) is 49.0 Å². The van der Waals surface area contributed by atoms with Crippen LogP contribution in [0.25, 0.3) is 0 Å². The zero-order chi connectivity index (χ0) is 16.3. The minimum atomic E-state index is -0.957. The zero-order valence-corrected chi connectivity index (χ0v) is 13.8. The van der Waals surface area contributed by atoms with Crippen molar-refractivity contribution in [3.63, 3.8) is 0 Å². The molecule has 6 nitrogen and oxygen atoms in total. The number of hydrogen-bond acceptors (Lipinski definition) is 6. The van der Waals surface area contributed by atoms with E-state index < -0.39 is 5.60 Å². The molecule has 1 aliphatic rings. The molecule has 1 atom stereocenters. The molecular formula is C16H19N3O3S. The maximum atomic E-state index is 12.3. The number of carbonyl (C=O) groups excluding carboxylic acids is 1. The van der Waals surface area contributed by atoms with Gasteiger partial charge in [0.15, 0.2) is 0 Å². The first kappa shape index (κ1) is 16.0. The molecule has 0 saturated carbocycles. The SMILES string of the molecule is CCc1nnc(SCC(=O)N2CCC(O)(c3ccccc3)C2)o1. The Kier molecular flexibility index (Phi) is 4.68. The number of nitrogens with zero attached hydrogens (tertiary/aromatic N) is 3. The fourth-order valence-corrected chi connectivity index (χ4v) is 3.33. The first-order chi connectivity index (χ1) is 11.1. The molecule has 0 radical (unpaired) electrons. The highest BCUT2D eigenvalue weighted by Crippen LogP contribution is 2.32. The third-order valence-corrected chi connectivity index (χ3v) is 4.78. The van der Waals surface area contributed by atoms with E-state index in [0.29, 0.717) is 37.0 Å². The van der Waals surface area contributed by atoms with E-state index in [1.165, 1.54) is 11.8 Å². The number of aryl methyl sites for hydroxylation is 1. The second-order valence-corrected chi connectivity index (χ2v) is 6.49. The summed E-state index contributed by atoms with van der Waals surface area (Å²) < 4.78 is 5.38. The third kappa shape index (κ3) is 3.56. The van der Waals surface area contributed by atoms with Crippen molar-refractivity contribution >= 4 is 17.7 Å². The standard InChI is InChI=1S/C16H19N3O3S/c1-2-13-17-18-15(22-13)23-10-14(20)19-9-8-16(21,11-19)12-6-4-3-5-7-12/h3-7,21H,2,8-11H2,1H3. The van der Waals surface area contributed by atoms with Gasteiger partial charge in [0.2, 0.25) is 11.8 Å². The minimum absolute atomic E-state index is 0.0295. The first-order valence-electron chi connectivity index (χ1n) is 7.61. The van der Waals surface area contributed by atoms with Gasteiger partial charge in [-0.3, -0.25) is 4.79 Å². The lowest BCUT2D eigenvalue weighted by Crippen LogP contribution is -2.35. The Morgan fingerprint density at radius 3 is 2.87 bits per heavy atom. The number of aromatic nitrogens is 2. The van der Waals surface area contributed by atoms with Crippen LogP contribution < -0.4 is 0 Å². The lowest BCUT2D eigenvalue weighted by molar-refractivity contribution is -0.128. The largest absolute Gasteiger partial charge is 0.416 e. The van der Waals surface area contributed by atoms with Crippen LogP contribution in [0.15, 0.2) is 40.0 Å². The Hall–Kier alpha value is -1.86. The summed E-state index contributed by atoms with van der Waals surface area (Å²) in [6, 6.07) is 9.50. The highest BCUT2D eigenvalue weighted by Gasteiger charge is 2.39. The number of hydrogen-bond donors (Lipinski definition) is 1. The Balaban J connectivity index is 1.57. The van der Waals surface area contributed by atoms with E-state index in [2.05, 4.69) is 10.2 Å². The highest BCUT2D eigenvalue weighted by molar-refractivity contribution is 7.99. The van der Waals surface area contributed by atoms with Gasteiger partial charge in [-0.15, -0.1) is 10.2 Å². The van der Waals surface area contributed by atoms with Crippen molar-refractivity contribution in [2.75, 3.05) is 18.8 Å². The Morgan fingerprint density at radius 1 is 1.39 bits per heavy atom. The lowest BCUT2D eigenvalue weighted by atomic mass is 9.93. The zero-order valence-electron chi connectivity index (χ0n) is 12.9.